The minimum absolute atomic E-state index is 0.0713. The van der Waals surface area contributed by atoms with Crippen molar-refractivity contribution in [3.63, 3.8) is 0 Å². The lowest BCUT2D eigenvalue weighted by molar-refractivity contribution is 0.144. The molecule has 0 fully saturated rings. The molecule has 2 aromatic rings. The van der Waals surface area contributed by atoms with Gasteiger partial charge >= 0.3 is 0 Å². The van der Waals surface area contributed by atoms with Crippen LogP contribution in [0.25, 0.3) is 10.9 Å². The van der Waals surface area contributed by atoms with Gasteiger partial charge in [0, 0.05) is 13.3 Å². The summed E-state index contributed by atoms with van der Waals surface area (Å²) in [6.07, 6.45) is 1.64. The Morgan fingerprint density at radius 1 is 1.24 bits per heavy atom. The lowest BCUT2D eigenvalue weighted by Gasteiger charge is -2.07. The smallest absolute Gasteiger partial charge is 0.222 e. The average Bonchev–Trinajstić information content (AvgIpc) is 2.38. The number of ether oxygens (including phenoxy) is 2. The molecule has 0 aliphatic rings. The van der Waals surface area contributed by atoms with E-state index < -0.39 is 0 Å². The van der Waals surface area contributed by atoms with Crippen molar-refractivity contribution in [3.05, 3.63) is 30.1 Å². The zero-order valence-electron chi connectivity index (χ0n) is 9.59. The maximum atomic E-state index is 9.01. The minimum Gasteiger partial charge on any atom is -0.475 e. The van der Waals surface area contributed by atoms with Gasteiger partial charge in [0.25, 0.3) is 0 Å². The summed E-state index contributed by atoms with van der Waals surface area (Å²) in [7, 11) is 1.62. The van der Waals surface area contributed by atoms with E-state index in [9.17, 15) is 0 Å². The van der Waals surface area contributed by atoms with Crippen LogP contribution in [0.5, 0.6) is 5.88 Å². The van der Waals surface area contributed by atoms with Gasteiger partial charge in [-0.05, 0) is 18.2 Å². The Labute approximate surface area is 99.0 Å². The summed E-state index contributed by atoms with van der Waals surface area (Å²) in [5, 5.41) is 9.85. The van der Waals surface area contributed by atoms with Crippen molar-refractivity contribution in [2.75, 3.05) is 20.3 Å². The molecule has 0 aromatic carbocycles. The summed E-state index contributed by atoms with van der Waals surface area (Å²) < 4.78 is 10.4. The molecule has 5 nitrogen and oxygen atoms in total. The number of fused-ring (bicyclic) bond motifs is 1. The Morgan fingerprint density at radius 3 is 2.88 bits per heavy atom. The van der Waals surface area contributed by atoms with E-state index in [-0.39, 0.29) is 6.61 Å². The molecular weight excluding hydrogens is 220 g/mol. The summed E-state index contributed by atoms with van der Waals surface area (Å²) >= 11 is 0. The normalized spacial score (nSPS) is 10.7. The van der Waals surface area contributed by atoms with Crippen LogP contribution in [0.3, 0.4) is 0 Å². The highest BCUT2D eigenvalue weighted by molar-refractivity contribution is 5.83. The van der Waals surface area contributed by atoms with Gasteiger partial charge in [-0.25, -0.2) is 4.98 Å². The summed E-state index contributed by atoms with van der Waals surface area (Å²) in [6.45, 7) is 0.892. The Hall–Kier alpha value is -1.72. The fourth-order valence-electron chi connectivity index (χ4n) is 1.49. The fourth-order valence-corrected chi connectivity index (χ4v) is 1.49. The predicted molar refractivity (Wildman–Crippen MR) is 62.8 cm³/mol. The van der Waals surface area contributed by atoms with Crippen LogP contribution in [0, 0.1) is 0 Å². The molecule has 1 N–H and O–H groups in total. The van der Waals surface area contributed by atoms with Gasteiger partial charge in [-0.15, -0.1) is 0 Å². The van der Waals surface area contributed by atoms with Crippen LogP contribution in [-0.2, 0) is 11.3 Å². The first-order chi connectivity index (χ1) is 8.35. The Kier molecular flexibility index (Phi) is 3.85. The van der Waals surface area contributed by atoms with Gasteiger partial charge < -0.3 is 14.6 Å². The summed E-state index contributed by atoms with van der Waals surface area (Å²) in [5.41, 5.74) is 1.39. The number of methoxy groups -OCH3 is 1. The van der Waals surface area contributed by atoms with Crippen LogP contribution in [0.15, 0.2) is 24.4 Å². The van der Waals surface area contributed by atoms with Crippen molar-refractivity contribution in [1.29, 1.82) is 0 Å². The lowest BCUT2D eigenvalue weighted by atomic mass is 10.2. The lowest BCUT2D eigenvalue weighted by Crippen LogP contribution is -2.05. The van der Waals surface area contributed by atoms with Crippen LogP contribution in [0.2, 0.25) is 0 Å². The molecule has 2 rings (SSSR count). The molecule has 2 heterocycles. The van der Waals surface area contributed by atoms with Crippen molar-refractivity contribution >= 4 is 10.9 Å². The third kappa shape index (κ3) is 2.69. The van der Waals surface area contributed by atoms with E-state index in [1.54, 1.807) is 25.4 Å². The Bertz CT molecular complexity index is 502. The number of hydrogen-bond donors (Lipinski definition) is 1. The number of nitrogens with zero attached hydrogens (tertiary/aromatic N) is 2. The molecule has 17 heavy (non-hydrogen) atoms. The Balaban J connectivity index is 2.30. The highest BCUT2D eigenvalue weighted by Crippen LogP contribution is 2.21. The van der Waals surface area contributed by atoms with Gasteiger partial charge in [-0.2, -0.15) is 0 Å². The van der Waals surface area contributed by atoms with Crippen LogP contribution in [-0.4, -0.2) is 35.4 Å². The minimum atomic E-state index is -0.0713. The first-order valence-corrected chi connectivity index (χ1v) is 5.32. The SMILES string of the molecule is COCCOc1nccc2nc(CO)ccc12. The van der Waals surface area contributed by atoms with Crippen molar-refractivity contribution in [2.45, 2.75) is 6.61 Å². The van der Waals surface area contributed by atoms with Gasteiger partial charge in [0.1, 0.15) is 6.61 Å². The van der Waals surface area contributed by atoms with Crippen LogP contribution < -0.4 is 4.74 Å². The van der Waals surface area contributed by atoms with Crippen LogP contribution >= 0.6 is 0 Å². The van der Waals surface area contributed by atoms with Crippen molar-refractivity contribution in [1.82, 2.24) is 9.97 Å². The number of rotatable bonds is 5. The molecule has 0 aliphatic carbocycles. The summed E-state index contributed by atoms with van der Waals surface area (Å²) in [6, 6.07) is 5.40. The molecule has 0 spiro atoms. The number of hydrogen-bond acceptors (Lipinski definition) is 5. The largest absolute Gasteiger partial charge is 0.475 e. The highest BCUT2D eigenvalue weighted by Gasteiger charge is 2.05. The average molecular weight is 234 g/mol. The predicted octanol–water partition coefficient (Wildman–Crippen LogP) is 1.15. The second-order valence-corrected chi connectivity index (χ2v) is 3.48. The van der Waals surface area contributed by atoms with Crippen molar-refractivity contribution in [3.8, 4) is 5.88 Å². The van der Waals surface area contributed by atoms with Gasteiger partial charge in [0.2, 0.25) is 5.88 Å². The van der Waals surface area contributed by atoms with Gasteiger partial charge in [-0.1, -0.05) is 0 Å². The number of pyridine rings is 2. The zero-order chi connectivity index (χ0) is 12.1. The maximum Gasteiger partial charge on any atom is 0.222 e. The molecule has 0 saturated heterocycles. The molecule has 0 saturated carbocycles. The molecular formula is C12H14N2O3. The van der Waals surface area contributed by atoms with E-state index >= 15 is 0 Å². The van der Waals surface area contributed by atoms with Gasteiger partial charge in [-0.3, -0.25) is 4.98 Å². The molecule has 0 bridgehead atoms. The molecule has 0 atom stereocenters. The van der Waals surface area contributed by atoms with E-state index in [0.29, 0.717) is 24.8 Å². The first kappa shape index (κ1) is 11.8. The van der Waals surface area contributed by atoms with Crippen LogP contribution in [0.4, 0.5) is 0 Å². The van der Waals surface area contributed by atoms with E-state index in [2.05, 4.69) is 9.97 Å². The Morgan fingerprint density at radius 2 is 2.12 bits per heavy atom. The topological polar surface area (TPSA) is 64.5 Å². The van der Waals surface area contributed by atoms with Crippen molar-refractivity contribution < 1.29 is 14.6 Å². The second-order valence-electron chi connectivity index (χ2n) is 3.48. The van der Waals surface area contributed by atoms with E-state index in [4.69, 9.17) is 14.6 Å². The first-order valence-electron chi connectivity index (χ1n) is 5.32. The molecule has 0 amide bonds. The monoisotopic (exact) mass is 234 g/mol. The molecule has 5 heteroatoms. The maximum absolute atomic E-state index is 9.01. The second kappa shape index (κ2) is 5.56. The fraction of sp³-hybridized carbons (Fsp3) is 0.333. The van der Waals surface area contributed by atoms with E-state index in [1.165, 1.54) is 0 Å². The summed E-state index contributed by atoms with van der Waals surface area (Å²) in [4.78, 5) is 8.44. The summed E-state index contributed by atoms with van der Waals surface area (Å²) in [5.74, 6) is 0.538. The number of aliphatic hydroxyl groups excluding tert-OH is 1. The quantitative estimate of drug-likeness (QED) is 0.786. The standard InChI is InChI=1S/C12H14N2O3/c1-16-6-7-17-12-10-3-2-9(8-15)14-11(10)4-5-13-12/h2-5,15H,6-8H2,1H3. The number of aliphatic hydroxyl groups is 1. The molecule has 0 aliphatic heterocycles. The third-order valence-corrected chi connectivity index (χ3v) is 2.33. The van der Waals surface area contributed by atoms with E-state index in [1.807, 2.05) is 6.07 Å². The van der Waals surface area contributed by atoms with Crippen LogP contribution in [0.1, 0.15) is 5.69 Å². The molecule has 0 unspecified atom stereocenters. The molecule has 0 radical (unpaired) electrons. The molecule has 2 aromatic heterocycles. The zero-order valence-corrected chi connectivity index (χ0v) is 9.59. The van der Waals surface area contributed by atoms with Crippen molar-refractivity contribution in [2.24, 2.45) is 0 Å². The number of aromatic nitrogens is 2. The highest BCUT2D eigenvalue weighted by atomic mass is 16.5. The van der Waals surface area contributed by atoms with E-state index in [0.717, 1.165) is 10.9 Å². The molecule has 90 valence electrons. The van der Waals surface area contributed by atoms with Gasteiger partial charge in [0.05, 0.1) is 29.8 Å². The third-order valence-electron chi connectivity index (χ3n) is 2.33. The van der Waals surface area contributed by atoms with Gasteiger partial charge in [0.15, 0.2) is 0 Å².